The third-order valence-electron chi connectivity index (χ3n) is 4.57. The highest BCUT2D eigenvalue weighted by molar-refractivity contribution is 5.36. The molecule has 1 nitrogen and oxygen atoms in total. The minimum atomic E-state index is 0.201. The zero-order chi connectivity index (χ0) is 13.3. The van der Waals surface area contributed by atoms with E-state index in [1.165, 1.54) is 29.5 Å². The van der Waals surface area contributed by atoms with E-state index in [2.05, 4.69) is 61.5 Å². The van der Waals surface area contributed by atoms with Crippen molar-refractivity contribution in [2.75, 3.05) is 6.54 Å². The van der Waals surface area contributed by atoms with Crippen molar-refractivity contribution in [2.24, 2.45) is 5.73 Å². The second kappa shape index (κ2) is 4.82. The van der Waals surface area contributed by atoms with Crippen molar-refractivity contribution in [3.8, 4) is 0 Å². The molecular weight excluding hydrogens is 230 g/mol. The first-order chi connectivity index (χ1) is 9.23. The predicted molar refractivity (Wildman–Crippen MR) is 80.3 cm³/mol. The Morgan fingerprint density at radius 3 is 2.42 bits per heavy atom. The van der Waals surface area contributed by atoms with Crippen molar-refractivity contribution in [3.05, 3.63) is 71.3 Å². The van der Waals surface area contributed by atoms with Gasteiger partial charge in [0.2, 0.25) is 0 Å². The van der Waals surface area contributed by atoms with Crippen molar-refractivity contribution in [3.63, 3.8) is 0 Å². The van der Waals surface area contributed by atoms with Crippen LogP contribution in [-0.2, 0) is 5.41 Å². The molecule has 2 N–H and O–H groups in total. The van der Waals surface area contributed by atoms with Crippen LogP contribution < -0.4 is 5.73 Å². The first-order valence-corrected chi connectivity index (χ1v) is 7.06. The highest BCUT2D eigenvalue weighted by atomic mass is 14.6. The molecule has 1 fully saturated rings. The Hall–Kier alpha value is -1.60. The average molecular weight is 251 g/mol. The van der Waals surface area contributed by atoms with Crippen LogP contribution in [0.1, 0.15) is 35.4 Å². The number of hydrogen-bond donors (Lipinski definition) is 1. The zero-order valence-electron chi connectivity index (χ0n) is 11.5. The van der Waals surface area contributed by atoms with E-state index < -0.39 is 0 Å². The summed E-state index contributed by atoms with van der Waals surface area (Å²) in [5.41, 5.74) is 10.5. The fourth-order valence-electron chi connectivity index (χ4n) is 3.34. The molecular formula is C18H21N. The molecule has 0 bridgehead atoms. The number of rotatable bonds is 3. The summed E-state index contributed by atoms with van der Waals surface area (Å²) in [4.78, 5) is 0. The minimum absolute atomic E-state index is 0.201. The number of hydrogen-bond acceptors (Lipinski definition) is 1. The van der Waals surface area contributed by atoms with Gasteiger partial charge in [0.25, 0.3) is 0 Å². The van der Waals surface area contributed by atoms with Gasteiger partial charge < -0.3 is 5.73 Å². The number of aryl methyl sites for hydroxylation is 1. The van der Waals surface area contributed by atoms with Gasteiger partial charge in [-0.15, -0.1) is 0 Å². The Balaban J connectivity index is 1.82. The number of nitrogens with two attached hydrogens (primary N) is 1. The first-order valence-electron chi connectivity index (χ1n) is 7.06. The van der Waals surface area contributed by atoms with E-state index in [0.717, 1.165) is 6.54 Å². The lowest BCUT2D eigenvalue weighted by atomic mass is 9.57. The maximum absolute atomic E-state index is 6.09. The van der Waals surface area contributed by atoms with Crippen molar-refractivity contribution in [1.82, 2.24) is 0 Å². The molecule has 1 aliphatic rings. The van der Waals surface area contributed by atoms with Crippen molar-refractivity contribution < 1.29 is 0 Å². The summed E-state index contributed by atoms with van der Waals surface area (Å²) in [7, 11) is 0. The molecule has 1 saturated carbocycles. The Morgan fingerprint density at radius 1 is 1.05 bits per heavy atom. The average Bonchev–Trinajstić information content (AvgIpc) is 2.40. The van der Waals surface area contributed by atoms with Gasteiger partial charge in [-0.1, -0.05) is 60.2 Å². The normalized spacial score (nSPS) is 25.9. The standard InChI is InChI=1S/C18H21N/c1-14-6-5-9-17(10-14)18(13-19)11-16(12-18)15-7-3-2-4-8-15/h2-10,16H,11-13,19H2,1H3. The van der Waals surface area contributed by atoms with Crippen LogP contribution in [0.25, 0.3) is 0 Å². The first kappa shape index (κ1) is 12.4. The fourth-order valence-corrected chi connectivity index (χ4v) is 3.34. The van der Waals surface area contributed by atoms with Crippen molar-refractivity contribution >= 4 is 0 Å². The summed E-state index contributed by atoms with van der Waals surface area (Å²) in [5, 5.41) is 0. The van der Waals surface area contributed by atoms with Gasteiger partial charge in [0, 0.05) is 12.0 Å². The quantitative estimate of drug-likeness (QED) is 0.883. The van der Waals surface area contributed by atoms with E-state index in [0.29, 0.717) is 5.92 Å². The Kier molecular flexibility index (Phi) is 3.16. The molecule has 1 heteroatoms. The van der Waals surface area contributed by atoms with E-state index in [-0.39, 0.29) is 5.41 Å². The molecule has 0 aliphatic heterocycles. The molecule has 2 aromatic rings. The van der Waals surface area contributed by atoms with Gasteiger partial charge in [0.05, 0.1) is 0 Å². The van der Waals surface area contributed by atoms with Crippen LogP contribution in [0.5, 0.6) is 0 Å². The molecule has 2 aromatic carbocycles. The van der Waals surface area contributed by atoms with Gasteiger partial charge in [-0.2, -0.15) is 0 Å². The molecule has 0 saturated heterocycles. The van der Waals surface area contributed by atoms with Crippen molar-refractivity contribution in [2.45, 2.75) is 31.1 Å². The fraction of sp³-hybridized carbons (Fsp3) is 0.333. The van der Waals surface area contributed by atoms with E-state index >= 15 is 0 Å². The summed E-state index contributed by atoms with van der Waals surface area (Å²) in [6.07, 6.45) is 2.36. The molecule has 1 aliphatic carbocycles. The Morgan fingerprint density at radius 2 is 1.79 bits per heavy atom. The van der Waals surface area contributed by atoms with Gasteiger partial charge in [-0.05, 0) is 36.8 Å². The molecule has 0 spiro atoms. The highest BCUT2D eigenvalue weighted by Crippen LogP contribution is 2.52. The third-order valence-corrected chi connectivity index (χ3v) is 4.57. The summed E-state index contributed by atoms with van der Waals surface area (Å²) in [6.45, 7) is 2.90. The molecule has 0 heterocycles. The molecule has 0 unspecified atom stereocenters. The largest absolute Gasteiger partial charge is 0.330 e. The Bertz CT molecular complexity index is 553. The van der Waals surface area contributed by atoms with Gasteiger partial charge >= 0.3 is 0 Å². The van der Waals surface area contributed by atoms with E-state index in [4.69, 9.17) is 5.73 Å². The summed E-state index contributed by atoms with van der Waals surface area (Å²) >= 11 is 0. The van der Waals surface area contributed by atoms with Gasteiger partial charge in [0.15, 0.2) is 0 Å². The van der Waals surface area contributed by atoms with Gasteiger partial charge in [-0.3, -0.25) is 0 Å². The summed E-state index contributed by atoms with van der Waals surface area (Å²) in [6, 6.07) is 19.7. The summed E-state index contributed by atoms with van der Waals surface area (Å²) in [5.74, 6) is 0.672. The minimum Gasteiger partial charge on any atom is -0.330 e. The topological polar surface area (TPSA) is 26.0 Å². The molecule has 0 amide bonds. The number of benzene rings is 2. The highest BCUT2D eigenvalue weighted by Gasteiger charge is 2.44. The molecule has 98 valence electrons. The Labute approximate surface area is 115 Å². The van der Waals surface area contributed by atoms with Crippen molar-refractivity contribution in [1.29, 1.82) is 0 Å². The molecule has 0 aromatic heterocycles. The SMILES string of the molecule is Cc1cccc(C2(CN)CC(c3ccccc3)C2)c1. The molecule has 0 radical (unpaired) electrons. The zero-order valence-corrected chi connectivity index (χ0v) is 11.5. The third kappa shape index (κ3) is 2.19. The summed E-state index contributed by atoms with van der Waals surface area (Å²) < 4.78 is 0. The molecule has 0 atom stereocenters. The lowest BCUT2D eigenvalue weighted by Gasteiger charge is -2.48. The van der Waals surface area contributed by atoms with E-state index in [1.807, 2.05) is 0 Å². The van der Waals surface area contributed by atoms with Crippen LogP contribution in [0, 0.1) is 6.92 Å². The van der Waals surface area contributed by atoms with Crippen LogP contribution >= 0.6 is 0 Å². The lowest BCUT2D eigenvalue weighted by Crippen LogP contribution is -2.46. The van der Waals surface area contributed by atoms with Crippen LogP contribution in [0.3, 0.4) is 0 Å². The van der Waals surface area contributed by atoms with Gasteiger partial charge in [-0.25, -0.2) is 0 Å². The maximum Gasteiger partial charge on any atom is 0.00872 e. The second-order valence-electron chi connectivity index (χ2n) is 5.87. The maximum atomic E-state index is 6.09. The van der Waals surface area contributed by atoms with Crippen LogP contribution in [0.4, 0.5) is 0 Å². The molecule has 19 heavy (non-hydrogen) atoms. The monoisotopic (exact) mass is 251 g/mol. The van der Waals surface area contributed by atoms with Crippen LogP contribution in [-0.4, -0.2) is 6.54 Å². The van der Waals surface area contributed by atoms with E-state index in [1.54, 1.807) is 0 Å². The second-order valence-corrected chi connectivity index (χ2v) is 5.87. The van der Waals surface area contributed by atoms with E-state index in [9.17, 15) is 0 Å². The van der Waals surface area contributed by atoms with Gasteiger partial charge in [0.1, 0.15) is 0 Å². The lowest BCUT2D eigenvalue weighted by molar-refractivity contribution is 0.209. The smallest absolute Gasteiger partial charge is 0.00872 e. The van der Waals surface area contributed by atoms with Crippen LogP contribution in [0.15, 0.2) is 54.6 Å². The van der Waals surface area contributed by atoms with Crippen LogP contribution in [0.2, 0.25) is 0 Å². The predicted octanol–water partition coefficient (Wildman–Crippen LogP) is 3.77. The molecule has 3 rings (SSSR count).